The minimum atomic E-state index is -0.0819. The molecule has 1 saturated heterocycles. The Kier molecular flexibility index (Phi) is 5.06. The van der Waals surface area contributed by atoms with Crippen molar-refractivity contribution in [3.05, 3.63) is 35.4 Å². The Labute approximate surface area is 146 Å². The fourth-order valence-electron chi connectivity index (χ4n) is 2.62. The number of aryl methyl sites for hydroxylation is 2. The number of nitrogens with zero attached hydrogens (tertiary/aromatic N) is 5. The zero-order valence-electron chi connectivity index (χ0n) is 14.7. The van der Waals surface area contributed by atoms with E-state index < -0.39 is 0 Å². The first-order valence-corrected chi connectivity index (χ1v) is 8.30. The summed E-state index contributed by atoms with van der Waals surface area (Å²) in [6.07, 6.45) is 2.64. The highest BCUT2D eigenvalue weighted by Crippen LogP contribution is 2.21. The molecule has 3 rings (SSSR count). The molecule has 1 atom stereocenters. The van der Waals surface area contributed by atoms with Crippen molar-refractivity contribution in [2.75, 3.05) is 18.0 Å². The minimum absolute atomic E-state index is 0.0567. The standard InChI is InChI=1S/C17H22N6O2/c1-11-12(2)21-22-17(20-11)23-7-5-16(10-23)25-15-4-6-18-14(8-15)9-19-13(3)24/h4,6,8,16H,5,7,9-10H2,1-3H3,(H,19,24). The molecule has 132 valence electrons. The number of aromatic nitrogens is 4. The van der Waals surface area contributed by atoms with Gasteiger partial charge < -0.3 is 15.0 Å². The molecule has 0 aromatic carbocycles. The van der Waals surface area contributed by atoms with E-state index in [1.54, 1.807) is 6.20 Å². The van der Waals surface area contributed by atoms with Gasteiger partial charge in [-0.2, -0.15) is 5.10 Å². The van der Waals surface area contributed by atoms with E-state index in [-0.39, 0.29) is 12.0 Å². The lowest BCUT2D eigenvalue weighted by molar-refractivity contribution is -0.119. The number of hydrogen-bond donors (Lipinski definition) is 1. The molecule has 0 saturated carbocycles. The first-order valence-electron chi connectivity index (χ1n) is 8.30. The number of anilines is 1. The molecule has 0 radical (unpaired) electrons. The van der Waals surface area contributed by atoms with Gasteiger partial charge in [-0.3, -0.25) is 9.78 Å². The average Bonchev–Trinajstić information content (AvgIpc) is 3.04. The van der Waals surface area contributed by atoms with Crippen LogP contribution in [0.25, 0.3) is 0 Å². The third-order valence-electron chi connectivity index (χ3n) is 4.12. The lowest BCUT2D eigenvalue weighted by Gasteiger charge is -2.17. The molecule has 25 heavy (non-hydrogen) atoms. The van der Waals surface area contributed by atoms with E-state index in [1.807, 2.05) is 26.0 Å². The first-order chi connectivity index (χ1) is 12.0. The fourth-order valence-corrected chi connectivity index (χ4v) is 2.62. The maximum Gasteiger partial charge on any atom is 0.245 e. The monoisotopic (exact) mass is 342 g/mol. The minimum Gasteiger partial charge on any atom is -0.488 e. The molecule has 1 amide bonds. The second-order valence-corrected chi connectivity index (χ2v) is 6.15. The molecule has 1 aliphatic heterocycles. The highest BCUT2D eigenvalue weighted by atomic mass is 16.5. The number of ether oxygens (including phenoxy) is 1. The zero-order chi connectivity index (χ0) is 17.8. The molecule has 0 aliphatic carbocycles. The van der Waals surface area contributed by atoms with Crippen LogP contribution >= 0.6 is 0 Å². The van der Waals surface area contributed by atoms with Crippen LogP contribution < -0.4 is 15.0 Å². The van der Waals surface area contributed by atoms with Crippen LogP contribution in [0.5, 0.6) is 5.75 Å². The van der Waals surface area contributed by atoms with Gasteiger partial charge in [-0.1, -0.05) is 0 Å². The van der Waals surface area contributed by atoms with Crippen LogP contribution in [0.3, 0.4) is 0 Å². The van der Waals surface area contributed by atoms with Gasteiger partial charge in [-0.15, -0.1) is 5.10 Å². The average molecular weight is 342 g/mol. The van der Waals surface area contributed by atoms with Crippen molar-refractivity contribution in [3.63, 3.8) is 0 Å². The summed E-state index contributed by atoms with van der Waals surface area (Å²) in [5, 5.41) is 11.0. The van der Waals surface area contributed by atoms with Gasteiger partial charge in [-0.05, 0) is 19.9 Å². The summed E-state index contributed by atoms with van der Waals surface area (Å²) in [6, 6.07) is 3.68. The van der Waals surface area contributed by atoms with Crippen molar-refractivity contribution in [1.29, 1.82) is 0 Å². The summed E-state index contributed by atoms with van der Waals surface area (Å²) in [5.74, 6) is 1.32. The summed E-state index contributed by atoms with van der Waals surface area (Å²) in [7, 11) is 0. The lowest BCUT2D eigenvalue weighted by atomic mass is 10.3. The van der Waals surface area contributed by atoms with Crippen molar-refractivity contribution in [2.45, 2.75) is 39.8 Å². The Hall–Kier alpha value is -2.77. The van der Waals surface area contributed by atoms with Crippen LogP contribution in [-0.2, 0) is 11.3 Å². The quantitative estimate of drug-likeness (QED) is 0.872. The second kappa shape index (κ2) is 7.42. The summed E-state index contributed by atoms with van der Waals surface area (Å²) < 4.78 is 6.06. The van der Waals surface area contributed by atoms with Gasteiger partial charge in [0, 0.05) is 32.2 Å². The normalized spacial score (nSPS) is 16.8. The largest absolute Gasteiger partial charge is 0.488 e. The summed E-state index contributed by atoms with van der Waals surface area (Å²) in [5.41, 5.74) is 2.51. The molecule has 2 aromatic rings. The van der Waals surface area contributed by atoms with Crippen LogP contribution in [0.15, 0.2) is 18.3 Å². The Morgan fingerprint density at radius 1 is 1.36 bits per heavy atom. The van der Waals surface area contributed by atoms with Gasteiger partial charge in [-0.25, -0.2) is 4.98 Å². The molecule has 0 bridgehead atoms. The third-order valence-corrected chi connectivity index (χ3v) is 4.12. The van der Waals surface area contributed by atoms with E-state index in [4.69, 9.17) is 4.74 Å². The molecular weight excluding hydrogens is 320 g/mol. The van der Waals surface area contributed by atoms with Crippen molar-refractivity contribution < 1.29 is 9.53 Å². The highest BCUT2D eigenvalue weighted by molar-refractivity contribution is 5.72. The van der Waals surface area contributed by atoms with Gasteiger partial charge in [0.1, 0.15) is 11.9 Å². The number of pyridine rings is 1. The van der Waals surface area contributed by atoms with Crippen molar-refractivity contribution in [3.8, 4) is 5.75 Å². The van der Waals surface area contributed by atoms with E-state index in [9.17, 15) is 4.79 Å². The van der Waals surface area contributed by atoms with Crippen LogP contribution in [0.2, 0.25) is 0 Å². The smallest absolute Gasteiger partial charge is 0.245 e. The van der Waals surface area contributed by atoms with Crippen LogP contribution in [0, 0.1) is 13.8 Å². The SMILES string of the molecule is CC(=O)NCc1cc(OC2CCN(c3nnc(C)c(C)n3)C2)ccn1. The molecule has 2 aromatic heterocycles. The van der Waals surface area contributed by atoms with Crippen molar-refractivity contribution >= 4 is 11.9 Å². The van der Waals surface area contributed by atoms with E-state index in [0.29, 0.717) is 19.0 Å². The number of amides is 1. The summed E-state index contributed by atoms with van der Waals surface area (Å²) in [4.78, 5) is 21.8. The zero-order valence-corrected chi connectivity index (χ0v) is 14.7. The molecule has 1 unspecified atom stereocenters. The Bertz CT molecular complexity index is 767. The molecular formula is C17H22N6O2. The lowest BCUT2D eigenvalue weighted by Crippen LogP contribution is -2.26. The Morgan fingerprint density at radius 3 is 2.96 bits per heavy atom. The first kappa shape index (κ1) is 17.1. The third kappa shape index (κ3) is 4.40. The fraction of sp³-hybridized carbons (Fsp3) is 0.471. The van der Waals surface area contributed by atoms with Crippen LogP contribution in [0.1, 0.15) is 30.4 Å². The number of carbonyl (C=O) groups excluding carboxylic acids is 1. The molecule has 1 aliphatic rings. The molecule has 1 fully saturated rings. The maximum absolute atomic E-state index is 11.0. The molecule has 1 N–H and O–H groups in total. The van der Waals surface area contributed by atoms with Crippen LogP contribution in [0.4, 0.5) is 5.95 Å². The van der Waals surface area contributed by atoms with E-state index in [2.05, 4.69) is 30.4 Å². The van der Waals surface area contributed by atoms with E-state index >= 15 is 0 Å². The number of hydrogen-bond acceptors (Lipinski definition) is 7. The van der Waals surface area contributed by atoms with Gasteiger partial charge in [0.2, 0.25) is 11.9 Å². The predicted molar refractivity (Wildman–Crippen MR) is 92.3 cm³/mol. The highest BCUT2D eigenvalue weighted by Gasteiger charge is 2.26. The second-order valence-electron chi connectivity index (χ2n) is 6.15. The van der Waals surface area contributed by atoms with Gasteiger partial charge in [0.25, 0.3) is 0 Å². The maximum atomic E-state index is 11.0. The number of rotatable bonds is 5. The van der Waals surface area contributed by atoms with Crippen molar-refractivity contribution in [2.24, 2.45) is 0 Å². The van der Waals surface area contributed by atoms with Crippen molar-refractivity contribution in [1.82, 2.24) is 25.5 Å². The predicted octanol–water partition coefficient (Wildman–Crippen LogP) is 1.18. The summed E-state index contributed by atoms with van der Waals surface area (Å²) in [6.45, 7) is 7.26. The molecule has 3 heterocycles. The molecule has 0 spiro atoms. The Balaban J connectivity index is 1.60. The van der Waals surface area contributed by atoms with Gasteiger partial charge in [0.15, 0.2) is 0 Å². The van der Waals surface area contributed by atoms with Gasteiger partial charge in [0.05, 0.1) is 30.2 Å². The number of nitrogens with one attached hydrogen (secondary N) is 1. The van der Waals surface area contributed by atoms with Crippen LogP contribution in [-0.4, -0.2) is 45.3 Å². The van der Waals surface area contributed by atoms with E-state index in [0.717, 1.165) is 35.8 Å². The topological polar surface area (TPSA) is 93.1 Å². The molecule has 8 nitrogen and oxygen atoms in total. The van der Waals surface area contributed by atoms with E-state index in [1.165, 1.54) is 6.92 Å². The summed E-state index contributed by atoms with van der Waals surface area (Å²) >= 11 is 0. The molecule has 8 heteroatoms. The van der Waals surface area contributed by atoms with Gasteiger partial charge >= 0.3 is 0 Å². The number of carbonyl (C=O) groups is 1. The Morgan fingerprint density at radius 2 is 2.20 bits per heavy atom.